The number of non-ortho nitro benzene ring substituents is 1. The highest BCUT2D eigenvalue weighted by molar-refractivity contribution is 9.10. The van der Waals surface area contributed by atoms with Crippen LogP contribution in [0.2, 0.25) is 0 Å². The van der Waals surface area contributed by atoms with E-state index >= 15 is 0 Å². The van der Waals surface area contributed by atoms with Crippen LogP contribution in [0.1, 0.15) is 55.6 Å². The van der Waals surface area contributed by atoms with Crippen LogP contribution < -0.4 is 14.8 Å². The van der Waals surface area contributed by atoms with Crippen LogP contribution in [0.5, 0.6) is 11.5 Å². The predicted molar refractivity (Wildman–Crippen MR) is 136 cm³/mol. The second-order valence-electron chi connectivity index (χ2n) is 9.14. The zero-order chi connectivity index (χ0) is 25.4. The molecule has 0 aromatic heterocycles. The normalized spacial score (nSPS) is 17.9. The molecular formula is C27H25BrN2O6. The number of nitro groups is 1. The largest absolute Gasteiger partial charge is 0.493 e. The first-order valence-electron chi connectivity index (χ1n) is 11.9. The molecule has 0 fully saturated rings. The molecule has 36 heavy (non-hydrogen) atoms. The summed E-state index contributed by atoms with van der Waals surface area (Å²) in [7, 11) is 1.54. The van der Waals surface area contributed by atoms with Crippen molar-refractivity contribution in [3.63, 3.8) is 0 Å². The van der Waals surface area contributed by atoms with Gasteiger partial charge in [0.05, 0.1) is 16.5 Å². The molecule has 0 spiro atoms. The second-order valence-corrected chi connectivity index (χ2v) is 10.00. The Balaban J connectivity index is 1.51. The minimum atomic E-state index is -0.445. The lowest BCUT2D eigenvalue weighted by atomic mass is 9.71. The maximum absolute atomic E-state index is 13.1. The Kier molecular flexibility index (Phi) is 6.66. The maximum Gasteiger partial charge on any atom is 0.269 e. The Morgan fingerprint density at radius 2 is 1.61 bits per heavy atom. The number of carbonyl (C=O) groups is 2. The summed E-state index contributed by atoms with van der Waals surface area (Å²) in [5, 5.41) is 14.3. The third-order valence-electron chi connectivity index (χ3n) is 6.91. The number of Topliss-reactive ketones (excluding diaryl/α,β-unsaturated/α-hetero) is 2. The number of nitrogens with zero attached hydrogens (tertiary/aromatic N) is 1. The van der Waals surface area contributed by atoms with Crippen molar-refractivity contribution in [3.8, 4) is 11.5 Å². The van der Waals surface area contributed by atoms with Crippen LogP contribution in [0.25, 0.3) is 0 Å². The highest BCUT2D eigenvalue weighted by Gasteiger charge is 2.40. The number of hydrogen-bond acceptors (Lipinski definition) is 7. The number of carbonyl (C=O) groups excluding carboxylic acids is 2. The minimum absolute atomic E-state index is 0.0145. The summed E-state index contributed by atoms with van der Waals surface area (Å²) < 4.78 is 12.3. The second kappa shape index (κ2) is 9.89. The molecule has 186 valence electrons. The fourth-order valence-corrected chi connectivity index (χ4v) is 5.81. The van der Waals surface area contributed by atoms with E-state index in [-0.39, 0.29) is 23.9 Å². The molecule has 2 aromatic rings. The fraction of sp³-hybridized carbons (Fsp3) is 0.333. The van der Waals surface area contributed by atoms with Crippen molar-refractivity contribution in [1.29, 1.82) is 0 Å². The third kappa shape index (κ3) is 4.43. The van der Waals surface area contributed by atoms with E-state index in [0.717, 1.165) is 48.2 Å². The standard InChI is InChI=1S/C27H25BrN2O6/c1-35-23-13-16(12-18(28)27(23)36-14-15-8-10-17(11-9-15)30(33)34)24-25-19(4-2-6-21(25)31)29-20-5-3-7-22(32)26(20)24/h8-13,24,29H,2-7,14H2,1H3. The van der Waals surface area contributed by atoms with E-state index in [1.165, 1.54) is 12.1 Å². The smallest absolute Gasteiger partial charge is 0.269 e. The highest BCUT2D eigenvalue weighted by atomic mass is 79.9. The number of halogens is 1. The van der Waals surface area contributed by atoms with Crippen LogP contribution >= 0.6 is 15.9 Å². The van der Waals surface area contributed by atoms with Crippen molar-refractivity contribution < 1.29 is 24.0 Å². The number of rotatable bonds is 6. The van der Waals surface area contributed by atoms with Gasteiger partial charge in [0, 0.05) is 53.4 Å². The molecule has 1 heterocycles. The number of ketones is 2. The van der Waals surface area contributed by atoms with Gasteiger partial charge in [-0.25, -0.2) is 0 Å². The molecule has 0 atom stereocenters. The van der Waals surface area contributed by atoms with Gasteiger partial charge in [-0.2, -0.15) is 0 Å². The lowest BCUT2D eigenvalue weighted by molar-refractivity contribution is -0.384. The van der Waals surface area contributed by atoms with Crippen molar-refractivity contribution in [2.45, 2.75) is 51.0 Å². The minimum Gasteiger partial charge on any atom is -0.493 e. The Labute approximate surface area is 216 Å². The Morgan fingerprint density at radius 1 is 1.00 bits per heavy atom. The van der Waals surface area contributed by atoms with Crippen LogP contribution in [0.4, 0.5) is 5.69 Å². The van der Waals surface area contributed by atoms with Crippen LogP contribution in [0.3, 0.4) is 0 Å². The van der Waals surface area contributed by atoms with Crippen molar-refractivity contribution in [2.75, 3.05) is 7.11 Å². The summed E-state index contributed by atoms with van der Waals surface area (Å²) in [6.45, 7) is 0.182. The summed E-state index contributed by atoms with van der Waals surface area (Å²) in [5.74, 6) is 0.655. The first-order valence-corrected chi connectivity index (χ1v) is 12.7. The van der Waals surface area contributed by atoms with Gasteiger partial charge in [0.1, 0.15) is 6.61 Å². The van der Waals surface area contributed by atoms with Crippen LogP contribution in [-0.4, -0.2) is 23.6 Å². The topological polar surface area (TPSA) is 108 Å². The Bertz CT molecular complexity index is 1290. The van der Waals surface area contributed by atoms with E-state index in [0.29, 0.717) is 40.0 Å². The average Bonchev–Trinajstić information content (AvgIpc) is 2.87. The van der Waals surface area contributed by atoms with E-state index in [4.69, 9.17) is 9.47 Å². The molecule has 2 aromatic carbocycles. The number of nitro benzene ring substituents is 1. The molecule has 0 saturated carbocycles. The summed E-state index contributed by atoms with van der Waals surface area (Å²) in [6.07, 6.45) is 4.13. The quantitative estimate of drug-likeness (QED) is 0.364. The molecule has 0 amide bonds. The zero-order valence-corrected chi connectivity index (χ0v) is 21.4. The molecule has 8 nitrogen and oxygen atoms in total. The lowest BCUT2D eigenvalue weighted by Crippen LogP contribution is -2.36. The van der Waals surface area contributed by atoms with Crippen LogP contribution in [0.15, 0.2) is 63.4 Å². The van der Waals surface area contributed by atoms with Gasteiger partial charge in [0.2, 0.25) is 0 Å². The molecule has 0 bridgehead atoms. The molecule has 0 saturated heterocycles. The predicted octanol–water partition coefficient (Wildman–Crippen LogP) is 5.65. The molecule has 0 unspecified atom stereocenters. The molecule has 1 N–H and O–H groups in total. The van der Waals surface area contributed by atoms with Crippen molar-refractivity contribution >= 4 is 33.2 Å². The summed E-state index contributed by atoms with van der Waals surface area (Å²) in [4.78, 5) is 36.6. The number of allylic oxidation sites excluding steroid dienone is 4. The van der Waals surface area contributed by atoms with Crippen molar-refractivity contribution in [2.24, 2.45) is 0 Å². The SMILES string of the molecule is COc1cc(C2C3=C(CCCC3=O)NC3=C2C(=O)CCC3)cc(Br)c1OCc1ccc([N+](=O)[O-])cc1. The zero-order valence-electron chi connectivity index (χ0n) is 19.8. The number of methoxy groups -OCH3 is 1. The van der Waals surface area contributed by atoms with E-state index < -0.39 is 10.8 Å². The lowest BCUT2D eigenvalue weighted by Gasteiger charge is -2.37. The number of ether oxygens (including phenoxy) is 2. The van der Waals surface area contributed by atoms with Gasteiger partial charge in [0.15, 0.2) is 23.1 Å². The van der Waals surface area contributed by atoms with Crippen molar-refractivity contribution in [3.05, 3.63) is 84.7 Å². The van der Waals surface area contributed by atoms with E-state index in [1.807, 2.05) is 12.1 Å². The highest BCUT2D eigenvalue weighted by Crippen LogP contribution is 2.48. The number of benzene rings is 2. The molecule has 5 rings (SSSR count). The third-order valence-corrected chi connectivity index (χ3v) is 7.50. The van der Waals surface area contributed by atoms with E-state index in [2.05, 4.69) is 21.2 Å². The summed E-state index contributed by atoms with van der Waals surface area (Å²) in [5.41, 5.74) is 4.81. The average molecular weight is 553 g/mol. The van der Waals surface area contributed by atoms with Crippen LogP contribution in [0, 0.1) is 10.1 Å². The monoisotopic (exact) mass is 552 g/mol. The number of hydrogen-bond donors (Lipinski definition) is 1. The van der Waals surface area contributed by atoms with Gasteiger partial charge < -0.3 is 14.8 Å². The van der Waals surface area contributed by atoms with Gasteiger partial charge in [-0.05, 0) is 77.0 Å². The van der Waals surface area contributed by atoms with E-state index in [1.54, 1.807) is 19.2 Å². The molecule has 2 aliphatic carbocycles. The number of dihydropyridines is 1. The maximum atomic E-state index is 13.1. The van der Waals surface area contributed by atoms with E-state index in [9.17, 15) is 19.7 Å². The molecule has 9 heteroatoms. The van der Waals surface area contributed by atoms with Gasteiger partial charge >= 0.3 is 0 Å². The van der Waals surface area contributed by atoms with Crippen LogP contribution in [-0.2, 0) is 16.2 Å². The molecule has 1 aliphatic heterocycles. The van der Waals surface area contributed by atoms with Gasteiger partial charge in [-0.15, -0.1) is 0 Å². The Morgan fingerprint density at radius 3 is 2.17 bits per heavy atom. The number of nitrogens with one attached hydrogen (secondary N) is 1. The Hall–Kier alpha value is -3.46. The first kappa shape index (κ1) is 24.2. The van der Waals surface area contributed by atoms with Crippen molar-refractivity contribution in [1.82, 2.24) is 5.32 Å². The fourth-order valence-electron chi connectivity index (χ4n) is 5.23. The summed E-state index contributed by atoms with van der Waals surface area (Å²) in [6, 6.07) is 9.89. The van der Waals surface area contributed by atoms with Gasteiger partial charge in [0.25, 0.3) is 5.69 Å². The summed E-state index contributed by atoms with van der Waals surface area (Å²) >= 11 is 3.60. The molecular weight excluding hydrogens is 528 g/mol. The van der Waals surface area contributed by atoms with Gasteiger partial charge in [-0.3, -0.25) is 19.7 Å². The molecule has 0 radical (unpaired) electrons. The molecule has 3 aliphatic rings. The first-order chi connectivity index (χ1) is 17.4. The van der Waals surface area contributed by atoms with Gasteiger partial charge in [-0.1, -0.05) is 0 Å².